The summed E-state index contributed by atoms with van der Waals surface area (Å²) in [6.45, 7) is 1.69. The molecule has 1 N–H and O–H groups in total. The standard InChI is InChI=1S/C8H7ClN6O/c1-5-11-13-14-15(5)8(12-16)6-2-3-7(9)10-4-6/h2-4,16H,1H3/b12-8+. The summed E-state index contributed by atoms with van der Waals surface area (Å²) >= 11 is 5.66. The molecule has 0 saturated carbocycles. The van der Waals surface area contributed by atoms with Crippen LogP contribution in [-0.4, -0.2) is 36.2 Å². The van der Waals surface area contributed by atoms with E-state index in [4.69, 9.17) is 16.8 Å². The van der Waals surface area contributed by atoms with Gasteiger partial charge < -0.3 is 5.21 Å². The van der Waals surface area contributed by atoms with E-state index >= 15 is 0 Å². The fourth-order valence-electron chi connectivity index (χ4n) is 1.16. The highest BCUT2D eigenvalue weighted by molar-refractivity contribution is 6.29. The van der Waals surface area contributed by atoms with Crippen LogP contribution in [0.3, 0.4) is 0 Å². The van der Waals surface area contributed by atoms with Crippen LogP contribution in [0.2, 0.25) is 5.15 Å². The van der Waals surface area contributed by atoms with Crippen LogP contribution in [0.5, 0.6) is 0 Å². The van der Waals surface area contributed by atoms with E-state index in [-0.39, 0.29) is 5.84 Å². The number of tetrazole rings is 1. The molecule has 0 saturated heterocycles. The molecule has 0 aliphatic heterocycles. The van der Waals surface area contributed by atoms with Gasteiger partial charge in [0, 0.05) is 11.8 Å². The van der Waals surface area contributed by atoms with Gasteiger partial charge in [0.15, 0.2) is 5.82 Å². The van der Waals surface area contributed by atoms with Crippen molar-refractivity contribution in [1.29, 1.82) is 0 Å². The summed E-state index contributed by atoms with van der Waals surface area (Å²) in [5.41, 5.74) is 0.558. The maximum absolute atomic E-state index is 8.96. The van der Waals surface area contributed by atoms with Gasteiger partial charge in [-0.1, -0.05) is 16.8 Å². The minimum absolute atomic E-state index is 0.187. The third-order valence-corrected chi connectivity index (χ3v) is 2.13. The first kappa shape index (κ1) is 10.5. The Labute approximate surface area is 95.4 Å². The number of rotatable bonds is 1. The molecule has 0 spiro atoms. The van der Waals surface area contributed by atoms with Gasteiger partial charge in [0.2, 0.25) is 5.84 Å². The topological polar surface area (TPSA) is 89.1 Å². The molecule has 0 aliphatic carbocycles. The summed E-state index contributed by atoms with van der Waals surface area (Å²) in [6, 6.07) is 3.24. The minimum atomic E-state index is 0.187. The second-order valence-electron chi connectivity index (χ2n) is 2.93. The highest BCUT2D eigenvalue weighted by Gasteiger charge is 2.12. The molecular weight excluding hydrogens is 232 g/mol. The Hall–Kier alpha value is -2.02. The maximum Gasteiger partial charge on any atom is 0.204 e. The SMILES string of the molecule is Cc1nnnn1/C(=N/O)c1ccc(Cl)nc1. The van der Waals surface area contributed by atoms with Crippen LogP contribution in [-0.2, 0) is 0 Å². The van der Waals surface area contributed by atoms with E-state index in [1.54, 1.807) is 19.1 Å². The highest BCUT2D eigenvalue weighted by atomic mass is 35.5. The number of pyridine rings is 1. The minimum Gasteiger partial charge on any atom is -0.409 e. The monoisotopic (exact) mass is 238 g/mol. The van der Waals surface area contributed by atoms with Gasteiger partial charge in [-0.2, -0.15) is 4.68 Å². The molecule has 2 aromatic heterocycles. The van der Waals surface area contributed by atoms with Crippen LogP contribution in [0.15, 0.2) is 23.5 Å². The van der Waals surface area contributed by atoms with Crippen molar-refractivity contribution in [3.05, 3.63) is 34.9 Å². The molecule has 7 nitrogen and oxygen atoms in total. The third-order valence-electron chi connectivity index (χ3n) is 1.91. The average molecular weight is 239 g/mol. The first-order valence-electron chi connectivity index (χ1n) is 4.31. The lowest BCUT2D eigenvalue weighted by Crippen LogP contribution is -2.17. The molecule has 2 heterocycles. The third kappa shape index (κ3) is 1.84. The predicted octanol–water partition coefficient (Wildman–Crippen LogP) is 0.714. The number of nitrogens with zero attached hydrogens (tertiary/aromatic N) is 6. The Morgan fingerprint density at radius 1 is 1.50 bits per heavy atom. The van der Waals surface area contributed by atoms with Gasteiger partial charge in [-0.05, 0) is 29.5 Å². The van der Waals surface area contributed by atoms with Crippen LogP contribution < -0.4 is 0 Å². The van der Waals surface area contributed by atoms with E-state index in [0.29, 0.717) is 16.5 Å². The van der Waals surface area contributed by atoms with E-state index in [1.165, 1.54) is 10.9 Å². The fraction of sp³-hybridized carbons (Fsp3) is 0.125. The molecule has 0 bridgehead atoms. The van der Waals surface area contributed by atoms with Gasteiger partial charge in [0.1, 0.15) is 5.15 Å². The van der Waals surface area contributed by atoms with Gasteiger partial charge in [-0.25, -0.2) is 4.98 Å². The van der Waals surface area contributed by atoms with Gasteiger partial charge in [-0.3, -0.25) is 0 Å². The quantitative estimate of drug-likeness (QED) is 0.260. The smallest absolute Gasteiger partial charge is 0.204 e. The Kier molecular flexibility index (Phi) is 2.78. The van der Waals surface area contributed by atoms with Crippen LogP contribution in [0.1, 0.15) is 11.4 Å². The first-order valence-corrected chi connectivity index (χ1v) is 4.69. The molecule has 0 unspecified atom stereocenters. The lowest BCUT2D eigenvalue weighted by molar-refractivity contribution is 0.316. The molecule has 2 rings (SSSR count). The van der Waals surface area contributed by atoms with Crippen molar-refractivity contribution in [2.75, 3.05) is 0 Å². The zero-order valence-corrected chi connectivity index (χ0v) is 9.00. The number of halogens is 1. The molecule has 0 atom stereocenters. The highest BCUT2D eigenvalue weighted by Crippen LogP contribution is 2.07. The van der Waals surface area contributed by atoms with Crippen molar-refractivity contribution in [3.8, 4) is 0 Å². The molecule has 0 fully saturated rings. The maximum atomic E-state index is 8.96. The number of hydrogen-bond acceptors (Lipinski definition) is 6. The summed E-state index contributed by atoms with van der Waals surface area (Å²) in [5, 5.41) is 23.3. The lowest BCUT2D eigenvalue weighted by atomic mass is 10.2. The molecule has 82 valence electrons. The van der Waals surface area contributed by atoms with Crippen molar-refractivity contribution in [2.24, 2.45) is 5.16 Å². The van der Waals surface area contributed by atoms with Crippen LogP contribution in [0, 0.1) is 6.92 Å². The molecule has 0 radical (unpaired) electrons. The van der Waals surface area contributed by atoms with Crippen LogP contribution in [0.4, 0.5) is 0 Å². The van der Waals surface area contributed by atoms with E-state index in [2.05, 4.69) is 25.7 Å². The zero-order chi connectivity index (χ0) is 11.5. The second-order valence-corrected chi connectivity index (χ2v) is 3.32. The second kappa shape index (κ2) is 4.23. The van der Waals surface area contributed by atoms with Crippen molar-refractivity contribution in [3.63, 3.8) is 0 Å². The van der Waals surface area contributed by atoms with E-state index in [0.717, 1.165) is 0 Å². The molecule has 0 amide bonds. The Morgan fingerprint density at radius 3 is 2.81 bits per heavy atom. The van der Waals surface area contributed by atoms with E-state index < -0.39 is 0 Å². The van der Waals surface area contributed by atoms with Crippen LogP contribution in [0.25, 0.3) is 0 Å². The molecule has 16 heavy (non-hydrogen) atoms. The van der Waals surface area contributed by atoms with Gasteiger partial charge in [-0.15, -0.1) is 5.10 Å². The lowest BCUT2D eigenvalue weighted by Gasteiger charge is -2.03. The fourth-order valence-corrected chi connectivity index (χ4v) is 1.27. The van der Waals surface area contributed by atoms with Crippen molar-refractivity contribution in [1.82, 2.24) is 25.2 Å². The van der Waals surface area contributed by atoms with Gasteiger partial charge in [0.25, 0.3) is 0 Å². The zero-order valence-electron chi connectivity index (χ0n) is 8.24. The van der Waals surface area contributed by atoms with Gasteiger partial charge >= 0.3 is 0 Å². The van der Waals surface area contributed by atoms with Crippen LogP contribution >= 0.6 is 11.6 Å². The number of aromatic nitrogens is 5. The molecule has 8 heteroatoms. The molecule has 0 aliphatic rings. The first-order chi connectivity index (χ1) is 7.72. The molecule has 2 aromatic rings. The average Bonchev–Trinajstić information content (AvgIpc) is 2.69. The van der Waals surface area contributed by atoms with Gasteiger partial charge in [0.05, 0.1) is 0 Å². The largest absolute Gasteiger partial charge is 0.409 e. The summed E-state index contributed by atoms with van der Waals surface area (Å²) in [5.74, 6) is 0.689. The Balaban J connectivity index is 2.46. The van der Waals surface area contributed by atoms with Crippen molar-refractivity contribution >= 4 is 17.4 Å². The number of aryl methyl sites for hydroxylation is 1. The number of hydrogen-bond donors (Lipinski definition) is 1. The van der Waals surface area contributed by atoms with Crippen molar-refractivity contribution in [2.45, 2.75) is 6.92 Å². The molecule has 0 aromatic carbocycles. The molecular formula is C8H7ClN6O. The van der Waals surface area contributed by atoms with Crippen molar-refractivity contribution < 1.29 is 5.21 Å². The number of oxime groups is 1. The normalized spacial score (nSPS) is 11.8. The summed E-state index contributed by atoms with van der Waals surface area (Å²) in [4.78, 5) is 3.88. The van der Waals surface area contributed by atoms with E-state index in [9.17, 15) is 0 Å². The predicted molar refractivity (Wildman–Crippen MR) is 55.5 cm³/mol. The Morgan fingerprint density at radius 2 is 2.31 bits per heavy atom. The van der Waals surface area contributed by atoms with E-state index in [1.807, 2.05) is 0 Å². The Bertz CT molecular complexity index is 520. The summed E-state index contributed by atoms with van der Waals surface area (Å²) in [6.07, 6.45) is 1.47. The summed E-state index contributed by atoms with van der Waals surface area (Å²) < 4.78 is 1.30. The summed E-state index contributed by atoms with van der Waals surface area (Å²) in [7, 11) is 0.